The van der Waals surface area contributed by atoms with Crippen molar-refractivity contribution in [3.05, 3.63) is 36.0 Å². The number of ether oxygens (including phenoxy) is 2. The Labute approximate surface area is 121 Å². The van der Waals surface area contributed by atoms with Crippen molar-refractivity contribution in [1.82, 2.24) is 10.1 Å². The van der Waals surface area contributed by atoms with Gasteiger partial charge in [-0.05, 0) is 18.6 Å². The van der Waals surface area contributed by atoms with Crippen molar-refractivity contribution in [2.45, 2.75) is 31.2 Å². The maximum absolute atomic E-state index is 6.18. The van der Waals surface area contributed by atoms with Gasteiger partial charge >= 0.3 is 0 Å². The number of rotatable bonds is 4. The molecule has 0 amide bonds. The fraction of sp³-hybridized carbons (Fsp3) is 0.429. The van der Waals surface area contributed by atoms with E-state index in [0.29, 0.717) is 24.1 Å². The Balaban J connectivity index is 1.75. The van der Waals surface area contributed by atoms with Crippen LogP contribution in [0.15, 0.2) is 28.8 Å². The summed E-state index contributed by atoms with van der Waals surface area (Å²) in [6.45, 7) is 2.41. The SMILES string of the molecule is CCCC(Cl)c1noc(C2COc3ccccc3O2)n1. The minimum absolute atomic E-state index is 0.228. The Bertz CT molecular complexity index is 587. The summed E-state index contributed by atoms with van der Waals surface area (Å²) in [7, 11) is 0. The Morgan fingerprint density at radius 3 is 2.95 bits per heavy atom. The standard InChI is InChI=1S/C14H15ClN2O3/c1-2-5-9(15)13-16-14(20-17-13)12-8-18-10-6-3-4-7-11(10)19-12/h3-4,6-7,9,12H,2,5,8H2,1H3. The number of aromatic nitrogens is 2. The molecule has 0 spiro atoms. The van der Waals surface area contributed by atoms with E-state index in [1.54, 1.807) is 0 Å². The van der Waals surface area contributed by atoms with E-state index < -0.39 is 6.10 Å². The maximum Gasteiger partial charge on any atom is 0.271 e. The van der Waals surface area contributed by atoms with E-state index in [1.165, 1.54) is 0 Å². The first-order valence-corrected chi connectivity index (χ1v) is 7.07. The third-order valence-corrected chi connectivity index (χ3v) is 3.48. The largest absolute Gasteiger partial charge is 0.485 e. The molecule has 20 heavy (non-hydrogen) atoms. The number of para-hydroxylation sites is 2. The molecule has 1 aliphatic rings. The lowest BCUT2D eigenvalue weighted by Gasteiger charge is -2.23. The molecule has 2 aromatic rings. The predicted octanol–water partition coefficient (Wildman–Crippen LogP) is 3.66. The van der Waals surface area contributed by atoms with Crippen LogP contribution in [0.3, 0.4) is 0 Å². The molecular formula is C14H15ClN2O3. The van der Waals surface area contributed by atoms with Crippen LogP contribution in [0.1, 0.15) is 43.0 Å². The van der Waals surface area contributed by atoms with Crippen LogP contribution in [0.25, 0.3) is 0 Å². The number of fused-ring (bicyclic) bond motifs is 1. The van der Waals surface area contributed by atoms with Gasteiger partial charge in [0.1, 0.15) is 6.61 Å². The summed E-state index contributed by atoms with van der Waals surface area (Å²) in [6.07, 6.45) is 1.39. The lowest BCUT2D eigenvalue weighted by atomic mass is 10.2. The molecule has 0 saturated heterocycles. The number of nitrogens with zero attached hydrogens (tertiary/aromatic N) is 2. The molecule has 0 bridgehead atoms. The summed E-state index contributed by atoms with van der Waals surface area (Å²) in [4.78, 5) is 4.31. The molecule has 2 atom stereocenters. The third kappa shape index (κ3) is 2.58. The minimum Gasteiger partial charge on any atom is -0.485 e. The molecule has 0 radical (unpaired) electrons. The van der Waals surface area contributed by atoms with Crippen LogP contribution in [0.2, 0.25) is 0 Å². The van der Waals surface area contributed by atoms with Crippen molar-refractivity contribution < 1.29 is 14.0 Å². The van der Waals surface area contributed by atoms with Crippen molar-refractivity contribution in [2.24, 2.45) is 0 Å². The molecule has 1 aromatic carbocycles. The first-order chi connectivity index (χ1) is 9.78. The Kier molecular flexibility index (Phi) is 3.78. The molecule has 106 valence electrons. The highest BCUT2D eigenvalue weighted by atomic mass is 35.5. The molecule has 0 aliphatic carbocycles. The average Bonchev–Trinajstić information content (AvgIpc) is 2.97. The summed E-state index contributed by atoms with van der Waals surface area (Å²) in [5, 5.41) is 3.68. The zero-order valence-electron chi connectivity index (χ0n) is 11.1. The van der Waals surface area contributed by atoms with Crippen LogP contribution in [0.5, 0.6) is 11.5 Å². The van der Waals surface area contributed by atoms with E-state index in [9.17, 15) is 0 Å². The third-order valence-electron chi connectivity index (χ3n) is 3.06. The van der Waals surface area contributed by atoms with Gasteiger partial charge in [-0.25, -0.2) is 0 Å². The predicted molar refractivity (Wildman–Crippen MR) is 73.1 cm³/mol. The number of hydrogen-bond acceptors (Lipinski definition) is 5. The zero-order valence-corrected chi connectivity index (χ0v) is 11.8. The van der Waals surface area contributed by atoms with E-state index in [-0.39, 0.29) is 5.38 Å². The van der Waals surface area contributed by atoms with Gasteiger partial charge in [-0.2, -0.15) is 4.98 Å². The van der Waals surface area contributed by atoms with Crippen LogP contribution in [-0.2, 0) is 0 Å². The van der Waals surface area contributed by atoms with Crippen molar-refractivity contribution >= 4 is 11.6 Å². The van der Waals surface area contributed by atoms with Crippen LogP contribution in [0, 0.1) is 0 Å². The van der Waals surface area contributed by atoms with Crippen molar-refractivity contribution in [2.75, 3.05) is 6.61 Å². The van der Waals surface area contributed by atoms with E-state index in [0.717, 1.165) is 18.6 Å². The van der Waals surface area contributed by atoms with E-state index in [2.05, 4.69) is 17.1 Å². The molecule has 0 N–H and O–H groups in total. The zero-order chi connectivity index (χ0) is 13.9. The van der Waals surface area contributed by atoms with Crippen molar-refractivity contribution in [1.29, 1.82) is 0 Å². The quantitative estimate of drug-likeness (QED) is 0.805. The molecule has 3 rings (SSSR count). The normalized spacial score (nSPS) is 18.8. The van der Waals surface area contributed by atoms with E-state index in [1.807, 2.05) is 24.3 Å². The van der Waals surface area contributed by atoms with Gasteiger partial charge < -0.3 is 14.0 Å². The van der Waals surface area contributed by atoms with Gasteiger partial charge in [-0.1, -0.05) is 30.6 Å². The lowest BCUT2D eigenvalue weighted by Crippen LogP contribution is -2.21. The second kappa shape index (κ2) is 5.71. The van der Waals surface area contributed by atoms with Gasteiger partial charge in [-0.3, -0.25) is 0 Å². The maximum atomic E-state index is 6.18. The number of benzene rings is 1. The summed E-state index contributed by atoms with van der Waals surface area (Å²) < 4.78 is 16.7. The molecule has 6 heteroatoms. The van der Waals surface area contributed by atoms with E-state index >= 15 is 0 Å². The molecule has 5 nitrogen and oxygen atoms in total. The van der Waals surface area contributed by atoms with Gasteiger partial charge in [0.15, 0.2) is 17.3 Å². The summed E-state index contributed by atoms with van der Waals surface area (Å²) in [6, 6.07) is 7.50. The highest BCUT2D eigenvalue weighted by Gasteiger charge is 2.28. The Morgan fingerprint density at radius 2 is 2.15 bits per heavy atom. The summed E-state index contributed by atoms with van der Waals surface area (Å²) in [5.74, 6) is 2.31. The molecule has 2 heterocycles. The van der Waals surface area contributed by atoms with Crippen molar-refractivity contribution in [3.8, 4) is 11.5 Å². The van der Waals surface area contributed by atoms with Crippen LogP contribution in [0.4, 0.5) is 0 Å². The highest BCUT2D eigenvalue weighted by Crippen LogP contribution is 2.35. The Morgan fingerprint density at radius 1 is 1.35 bits per heavy atom. The molecule has 2 unspecified atom stereocenters. The number of alkyl halides is 1. The molecule has 1 aromatic heterocycles. The second-order valence-electron chi connectivity index (χ2n) is 4.61. The van der Waals surface area contributed by atoms with Crippen LogP contribution in [-0.4, -0.2) is 16.7 Å². The van der Waals surface area contributed by atoms with Crippen LogP contribution < -0.4 is 9.47 Å². The fourth-order valence-electron chi connectivity index (χ4n) is 2.03. The van der Waals surface area contributed by atoms with Gasteiger partial charge in [0.05, 0.1) is 5.38 Å². The van der Waals surface area contributed by atoms with Gasteiger partial charge in [0.25, 0.3) is 5.89 Å². The smallest absolute Gasteiger partial charge is 0.271 e. The second-order valence-corrected chi connectivity index (χ2v) is 5.14. The summed E-state index contributed by atoms with van der Waals surface area (Å²) in [5.41, 5.74) is 0. The van der Waals surface area contributed by atoms with Gasteiger partial charge in [0.2, 0.25) is 6.10 Å². The minimum atomic E-state index is -0.392. The van der Waals surface area contributed by atoms with E-state index in [4.69, 9.17) is 25.6 Å². The van der Waals surface area contributed by atoms with Gasteiger partial charge in [-0.15, -0.1) is 11.6 Å². The first-order valence-electron chi connectivity index (χ1n) is 6.64. The topological polar surface area (TPSA) is 57.4 Å². The number of halogens is 1. The number of hydrogen-bond donors (Lipinski definition) is 0. The average molecular weight is 295 g/mol. The summed E-state index contributed by atoms with van der Waals surface area (Å²) >= 11 is 6.18. The monoisotopic (exact) mass is 294 g/mol. The highest BCUT2D eigenvalue weighted by molar-refractivity contribution is 6.20. The lowest BCUT2D eigenvalue weighted by molar-refractivity contribution is 0.0665. The molecule has 0 saturated carbocycles. The van der Waals surface area contributed by atoms with Gasteiger partial charge in [0, 0.05) is 0 Å². The molecular weight excluding hydrogens is 280 g/mol. The van der Waals surface area contributed by atoms with Crippen molar-refractivity contribution in [3.63, 3.8) is 0 Å². The molecule has 1 aliphatic heterocycles. The first kappa shape index (κ1) is 13.2. The van der Waals surface area contributed by atoms with Crippen LogP contribution >= 0.6 is 11.6 Å². The Hall–Kier alpha value is -1.75. The fourth-order valence-corrected chi connectivity index (χ4v) is 2.34. The molecule has 0 fully saturated rings.